The van der Waals surface area contributed by atoms with Gasteiger partial charge in [-0.3, -0.25) is 0 Å². The molecular weight excluding hydrogens is 214 g/mol. The molecule has 0 amide bonds. The molecule has 0 radical (unpaired) electrons. The molecule has 90 valence electrons. The molecule has 0 aliphatic rings. The van der Waals surface area contributed by atoms with E-state index < -0.39 is 6.43 Å². The second kappa shape index (κ2) is 5.16. The summed E-state index contributed by atoms with van der Waals surface area (Å²) in [5.41, 5.74) is 8.06. The highest BCUT2D eigenvalue weighted by atomic mass is 19.3. The maximum atomic E-state index is 12.3. The number of nitrogens with zero attached hydrogens (tertiary/aromatic N) is 3. The maximum Gasteiger partial charge on any atom is 0.255 e. The van der Waals surface area contributed by atoms with E-state index in [1.807, 2.05) is 13.8 Å². The molecule has 0 unspecified atom stereocenters. The number of rotatable bonds is 4. The zero-order valence-corrected chi connectivity index (χ0v) is 9.67. The molecule has 0 aliphatic heterocycles. The highest BCUT2D eigenvalue weighted by Gasteiger charge is 2.16. The Balaban J connectivity index is 3.08. The predicted octanol–water partition coefficient (Wildman–Crippen LogP) is 1.25. The van der Waals surface area contributed by atoms with E-state index in [0.29, 0.717) is 5.82 Å². The molecule has 0 aliphatic carbocycles. The molecule has 0 saturated carbocycles. The van der Waals surface area contributed by atoms with Crippen molar-refractivity contribution in [2.75, 3.05) is 18.5 Å². The van der Waals surface area contributed by atoms with Crippen molar-refractivity contribution in [2.24, 2.45) is 5.73 Å². The van der Waals surface area contributed by atoms with Gasteiger partial charge in [-0.25, -0.2) is 8.78 Å². The van der Waals surface area contributed by atoms with Crippen LogP contribution in [0, 0.1) is 13.8 Å². The van der Waals surface area contributed by atoms with Gasteiger partial charge in [0.25, 0.3) is 6.43 Å². The lowest BCUT2D eigenvalue weighted by Gasteiger charge is -2.21. The Morgan fingerprint density at radius 2 is 1.94 bits per heavy atom. The molecule has 0 saturated heterocycles. The number of aryl methyl sites for hydroxylation is 1. The summed E-state index contributed by atoms with van der Waals surface area (Å²) >= 11 is 0. The summed E-state index contributed by atoms with van der Waals surface area (Å²) in [5, 5.41) is 7.85. The summed E-state index contributed by atoms with van der Waals surface area (Å²) in [5.74, 6) is 0.436. The smallest absolute Gasteiger partial charge is 0.255 e. The van der Waals surface area contributed by atoms with Gasteiger partial charge < -0.3 is 10.6 Å². The van der Waals surface area contributed by atoms with Gasteiger partial charge in [0.15, 0.2) is 5.82 Å². The molecule has 0 atom stereocenters. The van der Waals surface area contributed by atoms with Crippen LogP contribution in [0.15, 0.2) is 0 Å². The molecule has 1 heterocycles. The third-order valence-corrected chi connectivity index (χ3v) is 2.54. The van der Waals surface area contributed by atoms with Crippen molar-refractivity contribution in [3.63, 3.8) is 0 Å². The minimum absolute atomic E-state index is 0.269. The van der Waals surface area contributed by atoms with Gasteiger partial charge in [0, 0.05) is 19.2 Å². The fraction of sp³-hybridized carbons (Fsp3) is 0.600. The standard InChI is InChI=1S/C10H16F2N4/c1-6-7(2)14-15-10(8(6)4-13)16(3)5-9(11)12/h9H,4-5,13H2,1-3H3. The van der Waals surface area contributed by atoms with Gasteiger partial charge in [0.1, 0.15) is 0 Å². The molecule has 0 spiro atoms. The number of hydrogen-bond donors (Lipinski definition) is 1. The van der Waals surface area contributed by atoms with Crippen molar-refractivity contribution in [1.82, 2.24) is 10.2 Å². The fourth-order valence-electron chi connectivity index (χ4n) is 1.49. The van der Waals surface area contributed by atoms with Gasteiger partial charge in [-0.2, -0.15) is 5.10 Å². The first-order valence-electron chi connectivity index (χ1n) is 4.99. The Bertz CT molecular complexity index is 368. The van der Waals surface area contributed by atoms with Gasteiger partial charge in [-0.1, -0.05) is 0 Å². The third kappa shape index (κ3) is 2.63. The molecule has 6 heteroatoms. The van der Waals surface area contributed by atoms with Gasteiger partial charge in [0.05, 0.1) is 12.2 Å². The summed E-state index contributed by atoms with van der Waals surface area (Å²) in [6.45, 7) is 3.58. The highest BCUT2D eigenvalue weighted by Crippen LogP contribution is 2.21. The van der Waals surface area contributed by atoms with E-state index in [1.165, 1.54) is 4.90 Å². The number of halogens is 2. The molecule has 2 N–H and O–H groups in total. The predicted molar refractivity (Wildman–Crippen MR) is 58.7 cm³/mol. The summed E-state index contributed by atoms with van der Waals surface area (Å²) in [6.07, 6.45) is -2.40. The van der Waals surface area contributed by atoms with E-state index in [4.69, 9.17) is 5.73 Å². The zero-order chi connectivity index (χ0) is 12.3. The van der Waals surface area contributed by atoms with E-state index in [1.54, 1.807) is 7.05 Å². The summed E-state index contributed by atoms with van der Waals surface area (Å²) in [4.78, 5) is 1.38. The monoisotopic (exact) mass is 230 g/mol. The van der Waals surface area contributed by atoms with Crippen LogP contribution in [-0.2, 0) is 6.54 Å². The van der Waals surface area contributed by atoms with Crippen LogP contribution in [-0.4, -0.2) is 30.2 Å². The normalized spacial score (nSPS) is 10.9. The average Bonchev–Trinajstić information content (AvgIpc) is 2.20. The summed E-state index contributed by atoms with van der Waals surface area (Å²) in [7, 11) is 1.56. The molecule has 1 rings (SSSR count). The number of anilines is 1. The Labute approximate surface area is 93.5 Å². The zero-order valence-electron chi connectivity index (χ0n) is 9.67. The molecule has 1 aromatic rings. The topological polar surface area (TPSA) is 55.0 Å². The quantitative estimate of drug-likeness (QED) is 0.845. The van der Waals surface area contributed by atoms with Gasteiger partial charge >= 0.3 is 0 Å². The Morgan fingerprint density at radius 1 is 1.31 bits per heavy atom. The van der Waals surface area contributed by atoms with Crippen LogP contribution in [0.25, 0.3) is 0 Å². The molecular formula is C10H16F2N4. The molecule has 0 aromatic carbocycles. The largest absolute Gasteiger partial charge is 0.352 e. The number of aromatic nitrogens is 2. The highest BCUT2D eigenvalue weighted by molar-refractivity contribution is 5.50. The minimum atomic E-state index is -2.40. The van der Waals surface area contributed by atoms with Gasteiger partial charge in [0.2, 0.25) is 0 Å². The first-order chi connectivity index (χ1) is 7.47. The van der Waals surface area contributed by atoms with Crippen LogP contribution in [0.5, 0.6) is 0 Å². The SMILES string of the molecule is Cc1nnc(N(C)CC(F)F)c(CN)c1C. The van der Waals surface area contributed by atoms with E-state index in [-0.39, 0.29) is 13.1 Å². The van der Waals surface area contributed by atoms with Crippen molar-refractivity contribution < 1.29 is 8.78 Å². The molecule has 4 nitrogen and oxygen atoms in total. The van der Waals surface area contributed by atoms with Crippen LogP contribution in [0.4, 0.5) is 14.6 Å². The van der Waals surface area contributed by atoms with Crippen LogP contribution in [0.3, 0.4) is 0 Å². The summed E-state index contributed by atoms with van der Waals surface area (Å²) in [6, 6.07) is 0. The van der Waals surface area contributed by atoms with Crippen molar-refractivity contribution in [3.8, 4) is 0 Å². The van der Waals surface area contributed by atoms with Gasteiger partial charge in [-0.15, -0.1) is 5.10 Å². The maximum absolute atomic E-state index is 12.3. The molecule has 0 fully saturated rings. The lowest BCUT2D eigenvalue weighted by molar-refractivity contribution is 0.156. The Kier molecular flexibility index (Phi) is 4.12. The van der Waals surface area contributed by atoms with Crippen molar-refractivity contribution >= 4 is 5.82 Å². The third-order valence-electron chi connectivity index (χ3n) is 2.54. The number of alkyl halides is 2. The Morgan fingerprint density at radius 3 is 2.44 bits per heavy atom. The number of hydrogen-bond acceptors (Lipinski definition) is 4. The van der Waals surface area contributed by atoms with E-state index >= 15 is 0 Å². The average molecular weight is 230 g/mol. The van der Waals surface area contributed by atoms with E-state index in [0.717, 1.165) is 16.8 Å². The second-order valence-electron chi connectivity index (χ2n) is 3.69. The molecule has 0 bridgehead atoms. The molecule has 1 aromatic heterocycles. The minimum Gasteiger partial charge on any atom is -0.352 e. The van der Waals surface area contributed by atoms with Crippen LogP contribution < -0.4 is 10.6 Å². The van der Waals surface area contributed by atoms with Crippen LogP contribution in [0.1, 0.15) is 16.8 Å². The Hall–Kier alpha value is -1.30. The van der Waals surface area contributed by atoms with Crippen molar-refractivity contribution in [3.05, 3.63) is 16.8 Å². The van der Waals surface area contributed by atoms with Gasteiger partial charge in [-0.05, 0) is 19.4 Å². The van der Waals surface area contributed by atoms with Crippen molar-refractivity contribution in [2.45, 2.75) is 26.8 Å². The lowest BCUT2D eigenvalue weighted by atomic mass is 10.1. The molecule has 16 heavy (non-hydrogen) atoms. The summed E-state index contributed by atoms with van der Waals surface area (Å²) < 4.78 is 24.5. The number of nitrogens with two attached hydrogens (primary N) is 1. The van der Waals surface area contributed by atoms with E-state index in [2.05, 4.69) is 10.2 Å². The van der Waals surface area contributed by atoms with E-state index in [9.17, 15) is 8.78 Å². The fourth-order valence-corrected chi connectivity index (χ4v) is 1.49. The first kappa shape index (κ1) is 12.8. The second-order valence-corrected chi connectivity index (χ2v) is 3.69. The van der Waals surface area contributed by atoms with Crippen LogP contribution in [0.2, 0.25) is 0 Å². The van der Waals surface area contributed by atoms with Crippen molar-refractivity contribution in [1.29, 1.82) is 0 Å². The lowest BCUT2D eigenvalue weighted by Crippen LogP contribution is -2.27. The van der Waals surface area contributed by atoms with Crippen LogP contribution >= 0.6 is 0 Å². The first-order valence-corrected chi connectivity index (χ1v) is 4.99.